The maximum absolute atomic E-state index is 15.4. The first-order valence-corrected chi connectivity index (χ1v) is 18.4. The fraction of sp³-hybridized carbons (Fsp3) is 0.190. The number of benzene rings is 5. The van der Waals surface area contributed by atoms with E-state index in [2.05, 4.69) is 5.32 Å². The largest absolute Gasteiger partial charge is 0.507 e. The minimum Gasteiger partial charge on any atom is -0.507 e. The summed E-state index contributed by atoms with van der Waals surface area (Å²) in [4.78, 5) is 53.0. The summed E-state index contributed by atoms with van der Waals surface area (Å²) in [6.45, 7) is 0. The molecule has 15 heteroatoms. The van der Waals surface area contributed by atoms with E-state index < -0.39 is 104 Å². The number of phenols is 1. The molecule has 0 unspecified atom stereocenters. The summed E-state index contributed by atoms with van der Waals surface area (Å²) in [5, 5.41) is 15.8. The second-order valence-electron chi connectivity index (χ2n) is 14.5. The molecule has 57 heavy (non-hydrogen) atoms. The van der Waals surface area contributed by atoms with Crippen molar-refractivity contribution in [3.8, 4) is 5.75 Å². The number of hydrogen-bond donors (Lipinski definition) is 2. The molecule has 2 aliphatic heterocycles. The van der Waals surface area contributed by atoms with Crippen LogP contribution in [0.5, 0.6) is 5.75 Å². The maximum Gasteiger partial charge on any atom is 0.258 e. The number of anilines is 4. The molecule has 2 N–H and O–H groups in total. The van der Waals surface area contributed by atoms with E-state index in [0.717, 1.165) is 10.6 Å². The Kier molecular flexibility index (Phi) is 8.31. The normalized spacial score (nSPS) is 26.8. The van der Waals surface area contributed by atoms with Crippen molar-refractivity contribution in [1.29, 1.82) is 0 Å². The van der Waals surface area contributed by atoms with E-state index in [1.165, 1.54) is 6.07 Å². The third-order valence-electron chi connectivity index (χ3n) is 11.7. The topological polar surface area (TPSA) is 107 Å². The zero-order valence-electron chi connectivity index (χ0n) is 29.1. The van der Waals surface area contributed by atoms with Gasteiger partial charge in [-0.15, -0.1) is 23.2 Å². The highest BCUT2D eigenvalue weighted by Crippen LogP contribution is 2.67. The number of fused-ring (bicyclic) bond motifs is 5. The molecule has 5 aromatic rings. The molecule has 2 saturated heterocycles. The SMILES string of the molecule is O=C1[C@H]2[C@H](CC=C3[C@H]2C[C@@]2(Cl)C(=O)N(c4c(F)c(F)c(F)c(F)c4F)C(=O)[C@@]2(Cl)[C@H]3c2ccc3ccccc3c2O)C(=O)N1c1ccc(Nc2ccccc2)cc1. The molecule has 0 bridgehead atoms. The Hall–Kier alpha value is -5.79. The van der Waals surface area contributed by atoms with Crippen molar-refractivity contribution >= 4 is 80.4 Å². The number of para-hydroxylation sites is 1. The molecule has 8 nitrogen and oxygen atoms in total. The Balaban J connectivity index is 1.18. The number of phenolic OH excluding ortho intramolecular Hbond substituents is 1. The molecule has 6 atom stereocenters. The van der Waals surface area contributed by atoms with Gasteiger partial charge in [-0.25, -0.2) is 26.9 Å². The van der Waals surface area contributed by atoms with E-state index in [9.17, 15) is 37.5 Å². The van der Waals surface area contributed by atoms with Crippen molar-refractivity contribution in [1.82, 2.24) is 0 Å². The fourth-order valence-electron chi connectivity index (χ4n) is 9.05. The molecule has 3 fully saturated rings. The van der Waals surface area contributed by atoms with E-state index >= 15 is 8.78 Å². The lowest BCUT2D eigenvalue weighted by Gasteiger charge is -2.50. The Labute approximate surface area is 330 Å². The predicted molar refractivity (Wildman–Crippen MR) is 201 cm³/mol. The van der Waals surface area contributed by atoms with Gasteiger partial charge in [0.05, 0.1) is 17.5 Å². The smallest absolute Gasteiger partial charge is 0.258 e. The first kappa shape index (κ1) is 36.8. The summed E-state index contributed by atoms with van der Waals surface area (Å²) >= 11 is 14.5. The third-order valence-corrected chi connectivity index (χ3v) is 13.1. The summed E-state index contributed by atoms with van der Waals surface area (Å²) in [5.41, 5.74) is -0.0122. The lowest BCUT2D eigenvalue weighted by Crippen LogP contribution is -2.60. The number of rotatable bonds is 5. The minimum absolute atomic E-state index is 0.0538. The number of carbonyl (C=O) groups is 4. The van der Waals surface area contributed by atoms with Crippen molar-refractivity contribution in [2.45, 2.75) is 28.5 Å². The first-order chi connectivity index (χ1) is 27.2. The van der Waals surface area contributed by atoms with E-state index in [-0.39, 0.29) is 33.5 Å². The van der Waals surface area contributed by atoms with Crippen LogP contribution in [0.15, 0.2) is 103 Å². The standard InChI is InChI=1S/C42H26Cl2F5N3O5/c43-41-18-27-24(16-17-25-28(27)38(55)51(37(25)54)22-13-11-21(12-14-22)50-20-7-2-1-3-8-20)29(26-15-10-19-6-4-5-9-23(19)36(26)53)42(41,44)40(57)52(39(41)56)35-33(48)31(46)30(45)32(47)34(35)49/h1-16,25,27-29,50,53H,17-18H2/t25-,27+,28-,29+,41+,42-/m0/s1. The molecular weight excluding hydrogens is 792 g/mol. The number of nitrogens with one attached hydrogen (secondary N) is 1. The number of nitrogens with zero attached hydrogens (tertiary/aromatic N) is 2. The fourth-order valence-corrected chi connectivity index (χ4v) is 9.98. The van der Waals surface area contributed by atoms with Crippen LogP contribution in [-0.2, 0) is 19.2 Å². The Morgan fingerprint density at radius 1 is 0.667 bits per heavy atom. The zero-order chi connectivity index (χ0) is 40.3. The van der Waals surface area contributed by atoms with E-state index in [0.29, 0.717) is 11.1 Å². The van der Waals surface area contributed by atoms with Gasteiger partial charge in [-0.3, -0.25) is 24.1 Å². The average Bonchev–Trinajstić information content (AvgIpc) is 3.55. The number of halogens is 7. The van der Waals surface area contributed by atoms with Gasteiger partial charge in [0.1, 0.15) is 11.4 Å². The lowest BCUT2D eigenvalue weighted by molar-refractivity contribution is -0.125. The molecule has 0 radical (unpaired) electrons. The van der Waals surface area contributed by atoms with Crippen molar-refractivity contribution in [2.24, 2.45) is 17.8 Å². The van der Waals surface area contributed by atoms with Gasteiger partial charge in [0.25, 0.3) is 11.8 Å². The number of carbonyl (C=O) groups excluding carboxylic acids is 4. The van der Waals surface area contributed by atoms with E-state index in [1.807, 2.05) is 30.3 Å². The second-order valence-corrected chi connectivity index (χ2v) is 15.7. The van der Waals surface area contributed by atoms with Crippen molar-refractivity contribution < 1.29 is 46.2 Å². The van der Waals surface area contributed by atoms with Gasteiger partial charge in [-0.1, -0.05) is 66.2 Å². The Morgan fingerprint density at radius 3 is 1.96 bits per heavy atom. The number of aromatic hydroxyl groups is 1. The van der Waals surface area contributed by atoms with E-state index in [4.69, 9.17) is 23.2 Å². The Morgan fingerprint density at radius 2 is 1.28 bits per heavy atom. The number of allylic oxidation sites excluding steroid dienone is 2. The van der Waals surface area contributed by atoms with Crippen LogP contribution < -0.4 is 15.1 Å². The molecule has 0 spiro atoms. The van der Waals surface area contributed by atoms with Crippen LogP contribution >= 0.6 is 23.2 Å². The third kappa shape index (κ3) is 4.97. The van der Waals surface area contributed by atoms with Gasteiger partial charge >= 0.3 is 0 Å². The van der Waals surface area contributed by atoms with Gasteiger partial charge in [-0.05, 0) is 60.5 Å². The molecule has 0 aromatic heterocycles. The van der Waals surface area contributed by atoms with Gasteiger partial charge in [0, 0.05) is 28.2 Å². The molecular formula is C42H26Cl2F5N3O5. The minimum atomic E-state index is -2.77. The maximum atomic E-state index is 15.4. The summed E-state index contributed by atoms with van der Waals surface area (Å²) in [7, 11) is 0. The van der Waals surface area contributed by atoms with Crippen LogP contribution in [0.4, 0.5) is 44.7 Å². The highest BCUT2D eigenvalue weighted by Gasteiger charge is 2.77. The molecule has 2 aliphatic carbocycles. The lowest BCUT2D eigenvalue weighted by atomic mass is 9.56. The van der Waals surface area contributed by atoms with Crippen LogP contribution in [-0.4, -0.2) is 38.5 Å². The van der Waals surface area contributed by atoms with Crippen molar-refractivity contribution in [3.63, 3.8) is 0 Å². The summed E-state index contributed by atoms with van der Waals surface area (Å²) in [6, 6.07) is 25.4. The van der Waals surface area contributed by atoms with E-state index in [1.54, 1.807) is 60.7 Å². The predicted octanol–water partition coefficient (Wildman–Crippen LogP) is 8.75. The average molecular weight is 819 g/mol. The molecule has 5 aromatic carbocycles. The molecule has 4 aliphatic rings. The molecule has 4 amide bonds. The van der Waals surface area contributed by atoms with Crippen LogP contribution in [0.2, 0.25) is 0 Å². The number of alkyl halides is 2. The Bertz CT molecular complexity index is 2620. The summed E-state index contributed by atoms with van der Waals surface area (Å²) in [5.74, 6) is -22.1. The number of imide groups is 2. The first-order valence-electron chi connectivity index (χ1n) is 17.7. The zero-order valence-corrected chi connectivity index (χ0v) is 30.6. The van der Waals surface area contributed by atoms with Crippen LogP contribution in [0.1, 0.15) is 24.3 Å². The molecule has 2 heterocycles. The van der Waals surface area contributed by atoms with Crippen molar-refractivity contribution in [3.05, 3.63) is 137 Å². The molecule has 9 rings (SSSR count). The molecule has 1 saturated carbocycles. The quantitative estimate of drug-likeness (QED) is 0.0459. The second kappa shape index (κ2) is 12.9. The van der Waals surface area contributed by atoms with Crippen molar-refractivity contribution in [2.75, 3.05) is 15.1 Å². The highest BCUT2D eigenvalue weighted by molar-refractivity contribution is 6.58. The van der Waals surface area contributed by atoms with Gasteiger partial charge in [0.15, 0.2) is 33.0 Å². The van der Waals surface area contributed by atoms with Crippen LogP contribution in [0.3, 0.4) is 0 Å². The summed E-state index contributed by atoms with van der Waals surface area (Å²) < 4.78 is 74.1. The van der Waals surface area contributed by atoms with Gasteiger partial charge in [-0.2, -0.15) is 0 Å². The monoisotopic (exact) mass is 817 g/mol. The summed E-state index contributed by atoms with van der Waals surface area (Å²) in [6.07, 6.45) is 0.854. The van der Waals surface area contributed by atoms with Crippen LogP contribution in [0.25, 0.3) is 10.8 Å². The number of amides is 4. The van der Waals surface area contributed by atoms with Gasteiger partial charge in [0.2, 0.25) is 17.6 Å². The highest BCUT2D eigenvalue weighted by atomic mass is 35.5. The number of hydrogen-bond acceptors (Lipinski definition) is 6. The van der Waals surface area contributed by atoms with Crippen LogP contribution in [0, 0.1) is 46.8 Å². The molecule has 288 valence electrons. The van der Waals surface area contributed by atoms with Gasteiger partial charge < -0.3 is 10.4 Å².